The van der Waals surface area contributed by atoms with Gasteiger partial charge >= 0.3 is 5.97 Å². The van der Waals surface area contributed by atoms with Gasteiger partial charge in [0.05, 0.1) is 4.88 Å². The maximum Gasteiger partial charge on any atom is 0.323 e. The van der Waals surface area contributed by atoms with Crippen LogP contribution >= 0.6 is 23.6 Å². The average Bonchev–Trinajstić information content (AvgIpc) is 2.97. The van der Waals surface area contributed by atoms with E-state index in [2.05, 4.69) is 4.98 Å². The highest BCUT2D eigenvalue weighted by Crippen LogP contribution is 2.31. The molecule has 0 aliphatic rings. The van der Waals surface area contributed by atoms with E-state index in [9.17, 15) is 9.90 Å². The third-order valence-electron chi connectivity index (χ3n) is 3.59. The molecule has 5 nitrogen and oxygen atoms in total. The number of rotatable bonds is 4. The number of hydrogen-bond donors (Lipinski definition) is 3. The number of nitrogens with one attached hydrogen (secondary N) is 1. The third kappa shape index (κ3) is 2.53. The molecule has 2 heterocycles. The summed E-state index contributed by atoms with van der Waals surface area (Å²) in [5, 5.41) is 20.2. The minimum atomic E-state index is -1.03. The van der Waals surface area contributed by atoms with Crippen molar-refractivity contribution in [1.29, 1.82) is 0 Å². The molecule has 0 radical (unpaired) electrons. The molecule has 0 unspecified atom stereocenters. The first kappa shape index (κ1) is 14.8. The smallest absolute Gasteiger partial charge is 0.323 e. The molecule has 0 fully saturated rings. The first-order chi connectivity index (χ1) is 10.5. The van der Waals surface area contributed by atoms with Crippen molar-refractivity contribution in [3.05, 3.63) is 44.4 Å². The molecule has 0 bridgehead atoms. The van der Waals surface area contributed by atoms with Crippen molar-refractivity contribution < 1.29 is 15.0 Å². The number of benzene rings is 1. The van der Waals surface area contributed by atoms with Crippen molar-refractivity contribution in [1.82, 2.24) is 9.55 Å². The van der Waals surface area contributed by atoms with Gasteiger partial charge in [0, 0.05) is 23.5 Å². The van der Waals surface area contributed by atoms with Crippen molar-refractivity contribution in [2.45, 2.75) is 19.9 Å². The molecule has 3 aromatic rings. The average molecular weight is 334 g/mol. The van der Waals surface area contributed by atoms with Gasteiger partial charge in [-0.25, -0.2) is 0 Å². The zero-order chi connectivity index (χ0) is 15.9. The summed E-state index contributed by atoms with van der Waals surface area (Å²) in [4.78, 5) is 14.8. The van der Waals surface area contributed by atoms with Crippen molar-refractivity contribution in [2.75, 3.05) is 0 Å². The van der Waals surface area contributed by atoms with E-state index in [1.807, 2.05) is 31.3 Å². The van der Waals surface area contributed by atoms with E-state index in [0.717, 1.165) is 22.0 Å². The Labute approximate surface area is 135 Å². The molecule has 1 aromatic carbocycles. The van der Waals surface area contributed by atoms with Gasteiger partial charge < -0.3 is 15.2 Å². The molecule has 0 atom stereocenters. The van der Waals surface area contributed by atoms with Crippen LogP contribution in [0.3, 0.4) is 0 Å². The Morgan fingerprint density at radius 1 is 1.45 bits per heavy atom. The topological polar surface area (TPSA) is 78.2 Å². The fraction of sp³-hybridized carbons (Fsp3) is 0.200. The molecule has 0 amide bonds. The molecule has 7 heteroatoms. The second kappa shape index (κ2) is 5.58. The summed E-state index contributed by atoms with van der Waals surface area (Å²) >= 11 is 6.39. The summed E-state index contributed by atoms with van der Waals surface area (Å²) in [6, 6.07) is 6.05. The number of aromatic amines is 1. The van der Waals surface area contributed by atoms with E-state index >= 15 is 0 Å². The first-order valence-electron chi connectivity index (χ1n) is 6.66. The summed E-state index contributed by atoms with van der Waals surface area (Å²) in [6.45, 7) is 1.71. The van der Waals surface area contributed by atoms with Gasteiger partial charge in [-0.2, -0.15) is 0 Å². The second-order valence-corrected chi connectivity index (χ2v) is 6.81. The lowest BCUT2D eigenvalue weighted by Crippen LogP contribution is -2.08. The van der Waals surface area contributed by atoms with Gasteiger partial charge in [0.2, 0.25) is 5.88 Å². The van der Waals surface area contributed by atoms with E-state index in [4.69, 9.17) is 17.3 Å². The molecule has 114 valence electrons. The highest BCUT2D eigenvalue weighted by molar-refractivity contribution is 7.73. The SMILES string of the molecule is Cc1cccc2c(Cc3sc(=S)n(CC(=O)O)c3O)c[nH]c12. The summed E-state index contributed by atoms with van der Waals surface area (Å²) < 4.78 is 1.61. The Balaban J connectivity index is 2.01. The van der Waals surface area contributed by atoms with E-state index in [1.54, 1.807) is 0 Å². The number of hydrogen-bond acceptors (Lipinski definition) is 4. The van der Waals surface area contributed by atoms with Gasteiger partial charge in [-0.15, -0.1) is 11.3 Å². The van der Waals surface area contributed by atoms with Crippen molar-refractivity contribution in [3.8, 4) is 5.88 Å². The van der Waals surface area contributed by atoms with Crippen LogP contribution in [0.25, 0.3) is 10.9 Å². The predicted octanol–water partition coefficient (Wildman–Crippen LogP) is 3.45. The molecule has 0 saturated heterocycles. The van der Waals surface area contributed by atoms with Crippen LogP contribution < -0.4 is 0 Å². The van der Waals surface area contributed by atoms with Crippen molar-refractivity contribution in [3.63, 3.8) is 0 Å². The quantitative estimate of drug-likeness (QED) is 0.639. The number of carboxylic acids is 1. The number of aryl methyl sites for hydroxylation is 1. The van der Waals surface area contributed by atoms with Gasteiger partial charge in [-0.3, -0.25) is 9.36 Å². The van der Waals surface area contributed by atoms with Gasteiger partial charge in [0.1, 0.15) is 6.54 Å². The van der Waals surface area contributed by atoms with Crippen LogP contribution in [-0.2, 0) is 17.8 Å². The number of fused-ring (bicyclic) bond motifs is 1. The Morgan fingerprint density at radius 2 is 2.23 bits per heavy atom. The fourth-order valence-corrected chi connectivity index (χ4v) is 3.87. The molecule has 2 aromatic heterocycles. The molecule has 3 rings (SSSR count). The zero-order valence-electron chi connectivity index (χ0n) is 11.8. The number of aliphatic carboxylic acids is 1. The summed E-state index contributed by atoms with van der Waals surface area (Å²) in [5.41, 5.74) is 3.28. The van der Waals surface area contributed by atoms with Crippen LogP contribution in [-0.4, -0.2) is 25.7 Å². The number of aromatic nitrogens is 2. The fourth-order valence-electron chi connectivity index (χ4n) is 2.52. The van der Waals surface area contributed by atoms with Crippen LogP contribution in [0.1, 0.15) is 16.0 Å². The van der Waals surface area contributed by atoms with E-state index in [-0.39, 0.29) is 12.4 Å². The lowest BCUT2D eigenvalue weighted by molar-refractivity contribution is -0.137. The van der Waals surface area contributed by atoms with E-state index < -0.39 is 5.97 Å². The van der Waals surface area contributed by atoms with Gasteiger partial charge in [0.25, 0.3) is 0 Å². The largest absolute Gasteiger partial charge is 0.494 e. The first-order valence-corrected chi connectivity index (χ1v) is 7.88. The maximum absolute atomic E-state index is 10.8. The Hall–Kier alpha value is -2.12. The number of para-hydroxylation sites is 1. The number of carboxylic acid groups (broad SMARTS) is 1. The maximum atomic E-state index is 10.8. The highest BCUT2D eigenvalue weighted by Gasteiger charge is 2.16. The van der Waals surface area contributed by atoms with Crippen LogP contribution in [0, 0.1) is 10.9 Å². The van der Waals surface area contributed by atoms with E-state index in [1.165, 1.54) is 15.9 Å². The Kier molecular flexibility index (Phi) is 3.76. The number of aromatic hydroxyl groups is 1. The third-order valence-corrected chi connectivity index (χ3v) is 5.03. The molecule has 0 saturated carbocycles. The molecular formula is C15H14N2O3S2. The number of H-pyrrole nitrogens is 1. The molecule has 0 aliphatic carbocycles. The minimum Gasteiger partial charge on any atom is -0.494 e. The lowest BCUT2D eigenvalue weighted by atomic mass is 10.1. The van der Waals surface area contributed by atoms with E-state index in [0.29, 0.717) is 15.3 Å². The molecule has 3 N–H and O–H groups in total. The second-order valence-electron chi connectivity index (χ2n) is 5.08. The number of thiazole rings is 1. The summed E-state index contributed by atoms with van der Waals surface area (Å²) in [6.07, 6.45) is 2.43. The molecule has 0 spiro atoms. The predicted molar refractivity (Wildman–Crippen MR) is 88.3 cm³/mol. The molecular weight excluding hydrogens is 320 g/mol. The van der Waals surface area contributed by atoms with Crippen LogP contribution in [0.2, 0.25) is 0 Å². The monoisotopic (exact) mass is 334 g/mol. The van der Waals surface area contributed by atoms with Gasteiger partial charge in [0.15, 0.2) is 3.95 Å². The van der Waals surface area contributed by atoms with Crippen molar-refractivity contribution in [2.24, 2.45) is 0 Å². The number of carbonyl (C=O) groups is 1. The zero-order valence-corrected chi connectivity index (χ0v) is 13.4. The standard InChI is InChI=1S/C15H14N2O3S2/c1-8-3-2-4-10-9(6-16-13(8)10)5-11-14(20)17(7-12(18)19)15(21)22-11/h2-4,6,16,20H,5,7H2,1H3,(H,18,19). The normalized spacial score (nSPS) is 11.1. The van der Waals surface area contributed by atoms with Crippen LogP contribution in [0.4, 0.5) is 0 Å². The summed E-state index contributed by atoms with van der Waals surface area (Å²) in [7, 11) is 0. The van der Waals surface area contributed by atoms with Crippen LogP contribution in [0.5, 0.6) is 5.88 Å². The minimum absolute atomic E-state index is 0.0561. The highest BCUT2D eigenvalue weighted by atomic mass is 32.1. The van der Waals surface area contributed by atoms with Crippen LogP contribution in [0.15, 0.2) is 24.4 Å². The van der Waals surface area contributed by atoms with Gasteiger partial charge in [-0.05, 0) is 30.3 Å². The Morgan fingerprint density at radius 3 is 2.95 bits per heavy atom. The Bertz CT molecular complexity index is 921. The van der Waals surface area contributed by atoms with Crippen molar-refractivity contribution >= 4 is 40.4 Å². The lowest BCUT2D eigenvalue weighted by Gasteiger charge is -2.02. The molecule has 22 heavy (non-hydrogen) atoms. The van der Waals surface area contributed by atoms with Gasteiger partial charge in [-0.1, -0.05) is 18.2 Å². The summed E-state index contributed by atoms with van der Waals surface area (Å²) in [5.74, 6) is -1.09. The number of nitrogens with zero attached hydrogens (tertiary/aromatic N) is 1. The molecule has 0 aliphatic heterocycles.